The first kappa shape index (κ1) is 21.1. The minimum absolute atomic E-state index is 0.177. The highest BCUT2D eigenvalue weighted by Gasteiger charge is 2.13. The van der Waals surface area contributed by atoms with E-state index in [9.17, 15) is 4.39 Å². The van der Waals surface area contributed by atoms with Crippen LogP contribution >= 0.6 is 7.92 Å². The van der Waals surface area contributed by atoms with E-state index in [-0.39, 0.29) is 11.6 Å². The van der Waals surface area contributed by atoms with Crippen LogP contribution in [0.15, 0.2) is 60.9 Å². The van der Waals surface area contributed by atoms with Crippen LogP contribution in [0.1, 0.15) is 16.8 Å². The number of anilines is 2. The number of benzene rings is 2. The highest BCUT2D eigenvalue weighted by Crippen LogP contribution is 2.26. The van der Waals surface area contributed by atoms with E-state index in [2.05, 4.69) is 15.0 Å². The zero-order chi connectivity index (χ0) is 22.0. The van der Waals surface area contributed by atoms with Crippen LogP contribution in [0.2, 0.25) is 0 Å². The van der Waals surface area contributed by atoms with E-state index in [0.717, 1.165) is 27.3 Å². The third-order valence-electron chi connectivity index (χ3n) is 5.00. The molecule has 0 aliphatic carbocycles. The van der Waals surface area contributed by atoms with Crippen molar-refractivity contribution in [3.05, 3.63) is 83.6 Å². The topological polar surface area (TPSA) is 94.0 Å². The minimum atomic E-state index is -0.489. The largest absolute Gasteiger partial charge is 0.381 e. The van der Waals surface area contributed by atoms with Gasteiger partial charge in [0.05, 0.1) is 24.0 Å². The fourth-order valence-corrected chi connectivity index (χ4v) is 4.31. The molecule has 8 heteroatoms. The first-order chi connectivity index (χ1) is 14.9. The van der Waals surface area contributed by atoms with E-state index < -0.39 is 7.92 Å². The monoisotopic (exact) mass is 434 g/mol. The van der Waals surface area contributed by atoms with Crippen molar-refractivity contribution in [2.45, 2.75) is 13.0 Å². The Morgan fingerprint density at radius 1 is 1.03 bits per heavy atom. The van der Waals surface area contributed by atoms with Crippen LogP contribution in [-0.2, 0) is 13.0 Å². The first-order valence-electron chi connectivity index (χ1n) is 9.84. The molecule has 0 spiro atoms. The van der Waals surface area contributed by atoms with Gasteiger partial charge >= 0.3 is 0 Å². The van der Waals surface area contributed by atoms with Crippen molar-refractivity contribution < 1.29 is 4.39 Å². The van der Waals surface area contributed by atoms with Gasteiger partial charge in [0.25, 0.3) is 0 Å². The zero-order valence-corrected chi connectivity index (χ0v) is 18.4. The third-order valence-corrected chi connectivity index (χ3v) is 6.33. The van der Waals surface area contributed by atoms with Crippen molar-refractivity contribution in [1.29, 1.82) is 0 Å². The Balaban J connectivity index is 1.54. The molecule has 0 bridgehead atoms. The zero-order valence-electron chi connectivity index (χ0n) is 17.5. The molecule has 0 saturated heterocycles. The van der Waals surface area contributed by atoms with E-state index in [4.69, 9.17) is 11.6 Å². The quantitative estimate of drug-likeness (QED) is 0.274. The fraction of sp³-hybridized carbons (Fsp3) is 0.174. The number of nitrogens with two attached hydrogens (primary N) is 2. The average Bonchev–Trinajstić information content (AvgIpc) is 2.74. The van der Waals surface area contributed by atoms with Crippen LogP contribution in [-0.4, -0.2) is 28.3 Å². The van der Waals surface area contributed by atoms with Crippen LogP contribution in [0.5, 0.6) is 0 Å². The Morgan fingerprint density at radius 2 is 1.84 bits per heavy atom. The fourth-order valence-electron chi connectivity index (χ4n) is 3.45. The van der Waals surface area contributed by atoms with Gasteiger partial charge in [-0.05, 0) is 48.7 Å². The van der Waals surface area contributed by atoms with Gasteiger partial charge in [0.2, 0.25) is 0 Å². The van der Waals surface area contributed by atoms with Gasteiger partial charge in [-0.15, -0.1) is 0 Å². The van der Waals surface area contributed by atoms with Gasteiger partial charge in [-0.3, -0.25) is 9.99 Å². The molecule has 2 heterocycles. The van der Waals surface area contributed by atoms with Gasteiger partial charge in [0, 0.05) is 23.3 Å². The number of aromatic nitrogens is 3. The van der Waals surface area contributed by atoms with Gasteiger partial charge in [0.1, 0.15) is 5.82 Å². The predicted octanol–water partition coefficient (Wildman–Crippen LogP) is 3.58. The molecular formula is C23H24FN6P. The number of hydrogen-bond acceptors (Lipinski definition) is 6. The van der Waals surface area contributed by atoms with Crippen molar-refractivity contribution in [1.82, 2.24) is 15.0 Å². The van der Waals surface area contributed by atoms with Crippen molar-refractivity contribution in [2.24, 2.45) is 5.84 Å². The summed E-state index contributed by atoms with van der Waals surface area (Å²) in [6, 6.07) is 15.2. The Labute approximate surface area is 181 Å². The number of fused-ring (bicyclic) bond motifs is 1. The molecule has 31 heavy (non-hydrogen) atoms. The molecule has 0 fully saturated rings. The second kappa shape index (κ2) is 8.92. The molecule has 158 valence electrons. The lowest BCUT2D eigenvalue weighted by molar-refractivity contribution is 0.634. The molecule has 0 aliphatic heterocycles. The van der Waals surface area contributed by atoms with Crippen LogP contribution in [0.3, 0.4) is 0 Å². The van der Waals surface area contributed by atoms with Gasteiger partial charge in [-0.1, -0.05) is 32.2 Å². The van der Waals surface area contributed by atoms with Crippen molar-refractivity contribution >= 4 is 35.8 Å². The molecule has 0 radical (unpaired) electrons. The first-order valence-corrected chi connectivity index (χ1v) is 12.1. The summed E-state index contributed by atoms with van der Waals surface area (Å²) in [7, 11) is -0.489. The molecule has 4 N–H and O–H groups in total. The van der Waals surface area contributed by atoms with E-state index in [1.165, 1.54) is 5.01 Å². The molecular weight excluding hydrogens is 410 g/mol. The lowest BCUT2D eigenvalue weighted by Crippen LogP contribution is -2.32. The summed E-state index contributed by atoms with van der Waals surface area (Å²) in [6.45, 7) is 4.48. The van der Waals surface area contributed by atoms with Gasteiger partial charge in [0.15, 0.2) is 11.6 Å². The lowest BCUT2D eigenvalue weighted by Gasteiger charge is -2.20. The van der Waals surface area contributed by atoms with Gasteiger partial charge in [-0.2, -0.15) is 0 Å². The number of nitrogens with zero attached hydrogens (tertiary/aromatic N) is 4. The van der Waals surface area contributed by atoms with Crippen LogP contribution in [0.25, 0.3) is 10.9 Å². The van der Waals surface area contributed by atoms with E-state index in [1.54, 1.807) is 18.5 Å². The molecule has 2 aromatic heterocycles. The molecule has 2 aromatic carbocycles. The second-order valence-electron chi connectivity index (χ2n) is 7.59. The molecule has 0 atom stereocenters. The number of hydrogen-bond donors (Lipinski definition) is 2. The van der Waals surface area contributed by atoms with E-state index in [0.29, 0.717) is 24.5 Å². The maximum Gasteiger partial charge on any atom is 0.186 e. The van der Waals surface area contributed by atoms with Crippen molar-refractivity contribution in [3.8, 4) is 0 Å². The lowest BCUT2D eigenvalue weighted by atomic mass is 10.1. The predicted molar refractivity (Wildman–Crippen MR) is 126 cm³/mol. The van der Waals surface area contributed by atoms with Crippen LogP contribution in [0.4, 0.5) is 16.0 Å². The number of hydrazine groups is 1. The van der Waals surface area contributed by atoms with Crippen LogP contribution in [0, 0.1) is 5.82 Å². The molecule has 0 saturated carbocycles. The number of rotatable bonds is 6. The summed E-state index contributed by atoms with van der Waals surface area (Å²) in [6.07, 6.45) is 3.81. The molecule has 0 aliphatic rings. The summed E-state index contributed by atoms with van der Waals surface area (Å²) in [5.41, 5.74) is 9.47. The summed E-state index contributed by atoms with van der Waals surface area (Å²) < 4.78 is 14.4. The molecule has 4 rings (SSSR count). The summed E-state index contributed by atoms with van der Waals surface area (Å²) >= 11 is 0. The summed E-state index contributed by atoms with van der Waals surface area (Å²) in [5, 5.41) is 3.28. The maximum atomic E-state index is 14.4. The number of halogens is 1. The van der Waals surface area contributed by atoms with Gasteiger partial charge in [-0.25, -0.2) is 20.2 Å². The molecule has 0 amide bonds. The summed E-state index contributed by atoms with van der Waals surface area (Å²) in [5.74, 6) is 6.75. The highest BCUT2D eigenvalue weighted by atomic mass is 31.1. The number of pyridine rings is 1. The Bertz CT molecular complexity index is 1230. The van der Waals surface area contributed by atoms with E-state index in [1.807, 2.05) is 55.8 Å². The number of nitrogen functional groups attached to an aromatic ring is 1. The Hall–Kier alpha value is -3.15. The van der Waals surface area contributed by atoms with Crippen LogP contribution < -0.4 is 21.9 Å². The average molecular weight is 434 g/mol. The molecule has 0 unspecified atom stereocenters. The Kier molecular flexibility index (Phi) is 6.07. The smallest absolute Gasteiger partial charge is 0.186 e. The van der Waals surface area contributed by atoms with Crippen molar-refractivity contribution in [2.75, 3.05) is 24.1 Å². The molecule has 6 nitrogen and oxygen atoms in total. The summed E-state index contributed by atoms with van der Waals surface area (Å²) in [4.78, 5) is 13.2. The van der Waals surface area contributed by atoms with Crippen molar-refractivity contribution in [3.63, 3.8) is 0 Å². The maximum absolute atomic E-state index is 14.4. The molecule has 4 aromatic rings. The normalized spacial score (nSPS) is 11.3. The third kappa shape index (κ3) is 4.79. The SMILES string of the molecule is CP(C)c1ccc(Cc2cnc(N)c(N(N)Cc3ccc4ncccc4c3)n2)cc1F. The highest BCUT2D eigenvalue weighted by molar-refractivity contribution is 7.64. The minimum Gasteiger partial charge on any atom is -0.381 e. The van der Waals surface area contributed by atoms with Gasteiger partial charge < -0.3 is 5.73 Å². The second-order valence-corrected chi connectivity index (χ2v) is 9.86. The standard InChI is InChI=1S/C23H24FN6P/c1-31(2)21-8-6-15(12-19(21)24)11-18-13-28-22(25)23(29-18)30(26)14-16-5-7-20-17(10-16)4-3-9-27-20/h3-10,12-13H,11,14,26H2,1-2H3,(H2,25,28). The van der Waals surface area contributed by atoms with E-state index >= 15 is 0 Å². The Morgan fingerprint density at radius 3 is 2.61 bits per heavy atom.